The first-order valence-corrected chi connectivity index (χ1v) is 8.73. The molecule has 0 saturated heterocycles. The summed E-state index contributed by atoms with van der Waals surface area (Å²) in [7, 11) is 0. The summed E-state index contributed by atoms with van der Waals surface area (Å²) < 4.78 is 2.92. The molecule has 10 heteroatoms. The number of amides is 1. The zero-order valence-corrected chi connectivity index (χ0v) is 15.2. The number of aryl methyl sites for hydroxylation is 2. The van der Waals surface area contributed by atoms with Crippen LogP contribution >= 0.6 is 23.4 Å². The van der Waals surface area contributed by atoms with Crippen molar-refractivity contribution in [3.63, 3.8) is 0 Å². The lowest BCUT2D eigenvalue weighted by molar-refractivity contribution is -0.113. The predicted molar refractivity (Wildman–Crippen MR) is 97.6 cm³/mol. The molecule has 0 saturated carbocycles. The second-order valence-corrected chi connectivity index (χ2v) is 6.66. The third kappa shape index (κ3) is 3.77. The van der Waals surface area contributed by atoms with Crippen molar-refractivity contribution in [3.05, 3.63) is 46.7 Å². The van der Waals surface area contributed by atoms with Crippen LogP contribution in [-0.2, 0) is 4.79 Å². The van der Waals surface area contributed by atoms with Gasteiger partial charge in [0.25, 0.3) is 5.95 Å². The summed E-state index contributed by atoms with van der Waals surface area (Å²) in [6, 6.07) is 8.95. The van der Waals surface area contributed by atoms with Crippen molar-refractivity contribution in [3.8, 4) is 5.95 Å². The van der Waals surface area contributed by atoms with Crippen molar-refractivity contribution in [2.45, 2.75) is 19.0 Å². The van der Waals surface area contributed by atoms with E-state index in [1.807, 2.05) is 19.9 Å². The van der Waals surface area contributed by atoms with Crippen LogP contribution < -0.4 is 11.2 Å². The fourth-order valence-electron chi connectivity index (χ4n) is 2.22. The van der Waals surface area contributed by atoms with Crippen LogP contribution in [-0.4, -0.2) is 36.3 Å². The number of thioether (sulfide) groups is 1. The molecule has 3 N–H and O–H groups in total. The molecule has 25 heavy (non-hydrogen) atoms. The molecule has 1 aromatic carbocycles. The average Bonchev–Trinajstić information content (AvgIpc) is 3.09. The van der Waals surface area contributed by atoms with Crippen molar-refractivity contribution in [2.24, 2.45) is 0 Å². The van der Waals surface area contributed by atoms with Gasteiger partial charge < -0.3 is 11.2 Å². The highest BCUT2D eigenvalue weighted by molar-refractivity contribution is 7.99. The first-order valence-electron chi connectivity index (χ1n) is 7.37. The Bertz CT molecular complexity index is 920. The topological polar surface area (TPSA) is 104 Å². The van der Waals surface area contributed by atoms with Crippen LogP contribution in [0, 0.1) is 13.8 Å². The number of nitrogen functional groups attached to an aromatic ring is 1. The number of anilines is 1. The van der Waals surface area contributed by atoms with E-state index >= 15 is 0 Å². The molecule has 0 unspecified atom stereocenters. The van der Waals surface area contributed by atoms with Gasteiger partial charge in [-0.15, -0.1) is 10.2 Å². The van der Waals surface area contributed by atoms with Crippen molar-refractivity contribution in [1.82, 2.24) is 24.7 Å². The van der Waals surface area contributed by atoms with E-state index < -0.39 is 0 Å². The molecule has 130 valence electrons. The zero-order valence-electron chi connectivity index (χ0n) is 13.6. The van der Waals surface area contributed by atoms with E-state index in [2.05, 4.69) is 20.6 Å². The number of nitrogens with two attached hydrogens (primary N) is 1. The van der Waals surface area contributed by atoms with Gasteiger partial charge >= 0.3 is 0 Å². The van der Waals surface area contributed by atoms with Gasteiger partial charge in [-0.05, 0) is 32.0 Å². The number of benzene rings is 1. The Morgan fingerprint density at radius 2 is 2.08 bits per heavy atom. The smallest absolute Gasteiger partial charge is 0.271 e. The minimum atomic E-state index is -0.214. The highest BCUT2D eigenvalue weighted by Crippen LogP contribution is 2.22. The van der Waals surface area contributed by atoms with Crippen LogP contribution in [0.15, 0.2) is 35.5 Å². The number of carbonyl (C=O) groups is 1. The first-order chi connectivity index (χ1) is 12.0. The van der Waals surface area contributed by atoms with Gasteiger partial charge in [-0.3, -0.25) is 4.79 Å². The second-order valence-electron chi connectivity index (χ2n) is 5.31. The minimum absolute atomic E-state index is 0.123. The van der Waals surface area contributed by atoms with Crippen molar-refractivity contribution in [1.29, 1.82) is 0 Å². The standard InChI is InChI=1S/C15H16ClN7OS/c1-9-7-10(2)23(21-9)14-19-20-15(22(14)17)25-8-13(24)18-12-6-4-3-5-11(12)16/h3-7H,8,17H2,1-2H3,(H,18,24). The van der Waals surface area contributed by atoms with E-state index in [0.717, 1.165) is 11.4 Å². The molecular formula is C15H16ClN7OS. The van der Waals surface area contributed by atoms with Crippen LogP contribution in [0.4, 0.5) is 5.69 Å². The molecule has 3 aromatic rings. The van der Waals surface area contributed by atoms with E-state index in [9.17, 15) is 4.79 Å². The van der Waals surface area contributed by atoms with Gasteiger partial charge in [0.2, 0.25) is 11.1 Å². The number of para-hydroxylation sites is 1. The predicted octanol–water partition coefficient (Wildman–Crippen LogP) is 2.18. The Kier molecular flexibility index (Phi) is 4.95. The second kappa shape index (κ2) is 7.16. The van der Waals surface area contributed by atoms with E-state index in [1.54, 1.807) is 28.9 Å². The molecule has 1 amide bonds. The highest BCUT2D eigenvalue weighted by Gasteiger charge is 2.16. The lowest BCUT2D eigenvalue weighted by atomic mass is 10.3. The quantitative estimate of drug-likeness (QED) is 0.521. The van der Waals surface area contributed by atoms with Gasteiger partial charge in [0.15, 0.2) is 0 Å². The molecule has 0 spiro atoms. The van der Waals surface area contributed by atoms with E-state index in [0.29, 0.717) is 21.8 Å². The number of halogens is 1. The lowest BCUT2D eigenvalue weighted by Crippen LogP contribution is -2.18. The summed E-state index contributed by atoms with van der Waals surface area (Å²) >= 11 is 7.20. The van der Waals surface area contributed by atoms with Crippen molar-refractivity contribution >= 4 is 35.0 Å². The maximum atomic E-state index is 12.1. The Balaban J connectivity index is 1.67. The summed E-state index contributed by atoms with van der Waals surface area (Å²) in [6.07, 6.45) is 0. The van der Waals surface area contributed by atoms with Gasteiger partial charge in [0.1, 0.15) is 0 Å². The van der Waals surface area contributed by atoms with E-state index in [1.165, 1.54) is 16.4 Å². The van der Waals surface area contributed by atoms with Crippen LogP contribution in [0.1, 0.15) is 11.4 Å². The number of nitrogens with zero attached hydrogens (tertiary/aromatic N) is 5. The molecule has 8 nitrogen and oxygen atoms in total. The average molecular weight is 378 g/mol. The molecule has 0 aliphatic rings. The summed E-state index contributed by atoms with van der Waals surface area (Å²) in [6.45, 7) is 3.79. The van der Waals surface area contributed by atoms with Gasteiger partial charge in [-0.25, -0.2) is 9.36 Å². The molecule has 0 radical (unpaired) electrons. The maximum absolute atomic E-state index is 12.1. The van der Waals surface area contributed by atoms with Gasteiger partial charge in [0.05, 0.1) is 22.2 Å². The molecule has 0 aliphatic heterocycles. The molecular weight excluding hydrogens is 362 g/mol. The number of hydrogen-bond donors (Lipinski definition) is 2. The zero-order chi connectivity index (χ0) is 18.0. The lowest BCUT2D eigenvalue weighted by Gasteiger charge is -2.07. The molecule has 0 bridgehead atoms. The first kappa shape index (κ1) is 17.3. The maximum Gasteiger partial charge on any atom is 0.271 e. The number of hydrogen-bond acceptors (Lipinski definition) is 6. The van der Waals surface area contributed by atoms with E-state index in [4.69, 9.17) is 17.4 Å². The summed E-state index contributed by atoms with van der Waals surface area (Å²) in [5.74, 6) is 6.33. The summed E-state index contributed by atoms with van der Waals surface area (Å²) in [5.41, 5.74) is 2.31. The summed E-state index contributed by atoms with van der Waals surface area (Å²) in [5, 5.41) is 16.0. The van der Waals surface area contributed by atoms with Crippen LogP contribution in [0.3, 0.4) is 0 Å². The van der Waals surface area contributed by atoms with Crippen LogP contribution in [0.25, 0.3) is 5.95 Å². The molecule has 0 fully saturated rings. The Labute approximate surface area is 153 Å². The molecule has 0 aliphatic carbocycles. The van der Waals surface area contributed by atoms with Gasteiger partial charge in [-0.2, -0.15) is 5.10 Å². The van der Waals surface area contributed by atoms with Gasteiger partial charge in [-0.1, -0.05) is 35.5 Å². The SMILES string of the molecule is Cc1cc(C)n(-c2nnc(SCC(=O)Nc3ccccc3Cl)n2N)n1. The number of carbonyl (C=O) groups excluding carboxylic acids is 1. The third-order valence-corrected chi connectivity index (χ3v) is 4.60. The molecule has 3 rings (SSSR count). The molecule has 2 aromatic heterocycles. The Morgan fingerprint density at radius 3 is 2.76 bits per heavy atom. The van der Waals surface area contributed by atoms with E-state index in [-0.39, 0.29) is 11.7 Å². The van der Waals surface area contributed by atoms with Crippen molar-refractivity contribution < 1.29 is 4.79 Å². The minimum Gasteiger partial charge on any atom is -0.334 e. The number of nitrogens with one attached hydrogen (secondary N) is 1. The largest absolute Gasteiger partial charge is 0.334 e. The van der Waals surface area contributed by atoms with Crippen molar-refractivity contribution in [2.75, 3.05) is 16.9 Å². The highest BCUT2D eigenvalue weighted by atomic mass is 35.5. The third-order valence-electron chi connectivity index (χ3n) is 3.33. The van der Waals surface area contributed by atoms with Crippen LogP contribution in [0.5, 0.6) is 0 Å². The molecule has 0 atom stereocenters. The Hall–Kier alpha value is -2.52. The number of aromatic nitrogens is 5. The normalized spacial score (nSPS) is 10.8. The van der Waals surface area contributed by atoms with Crippen LogP contribution in [0.2, 0.25) is 5.02 Å². The fraction of sp³-hybridized carbons (Fsp3) is 0.200. The summed E-state index contributed by atoms with van der Waals surface area (Å²) in [4.78, 5) is 12.1. The Morgan fingerprint density at radius 1 is 1.32 bits per heavy atom. The van der Waals surface area contributed by atoms with Gasteiger partial charge in [0, 0.05) is 5.69 Å². The monoisotopic (exact) mass is 377 g/mol. The number of rotatable bonds is 5. The fourth-order valence-corrected chi connectivity index (χ4v) is 3.06. The molecule has 2 heterocycles.